The Balaban J connectivity index is 0.00000156. The van der Waals surface area contributed by atoms with Crippen molar-refractivity contribution in [1.29, 1.82) is 0 Å². The van der Waals surface area contributed by atoms with Crippen LogP contribution in [0.15, 0.2) is 64.7 Å². The molecule has 0 aliphatic rings. The Morgan fingerprint density at radius 1 is 1.09 bits per heavy atom. The quantitative estimate of drug-likeness (QED) is 0.574. The summed E-state index contributed by atoms with van der Waals surface area (Å²) in [6.07, 6.45) is 1.75. The Kier molecular flexibility index (Phi) is 3.47. The summed E-state index contributed by atoms with van der Waals surface area (Å²) in [5.74, 6) is 0.263. The van der Waals surface area contributed by atoms with Crippen molar-refractivity contribution in [3.8, 4) is 11.3 Å². The molecule has 0 aliphatic heterocycles. The number of aromatic amines is 1. The van der Waals surface area contributed by atoms with Gasteiger partial charge in [0.25, 0.3) is 0 Å². The van der Waals surface area contributed by atoms with E-state index in [1.54, 1.807) is 22.7 Å². The number of pyridine rings is 2. The van der Waals surface area contributed by atoms with Crippen molar-refractivity contribution in [2.24, 2.45) is 5.18 Å². The van der Waals surface area contributed by atoms with Crippen molar-refractivity contribution in [1.82, 2.24) is 14.4 Å². The summed E-state index contributed by atoms with van der Waals surface area (Å²) < 4.78 is 1.65. The zero-order valence-electron chi connectivity index (χ0n) is 11.9. The first-order valence-electron chi connectivity index (χ1n) is 6.70. The molecule has 0 saturated heterocycles. The second-order valence-corrected chi connectivity index (χ2v) is 4.93. The molecule has 3 aromatic heterocycles. The maximum absolute atomic E-state index is 11.3. The van der Waals surface area contributed by atoms with E-state index in [-0.39, 0.29) is 16.9 Å². The third kappa shape index (κ3) is 2.29. The fourth-order valence-electron chi connectivity index (χ4n) is 2.57. The summed E-state index contributed by atoms with van der Waals surface area (Å²) >= 11 is 0. The number of imidazole rings is 1. The van der Waals surface area contributed by atoms with Crippen molar-refractivity contribution < 1.29 is 5.48 Å². The van der Waals surface area contributed by atoms with E-state index in [0.717, 1.165) is 16.5 Å². The van der Waals surface area contributed by atoms with Gasteiger partial charge in [0.05, 0.1) is 0 Å². The minimum absolute atomic E-state index is 0. The molecule has 3 heterocycles. The lowest BCUT2D eigenvalue weighted by molar-refractivity contribution is 0.824. The van der Waals surface area contributed by atoms with Gasteiger partial charge in [0.2, 0.25) is 11.4 Å². The molecule has 114 valence electrons. The lowest BCUT2D eigenvalue weighted by Gasteiger charge is -2.01. The first-order chi connectivity index (χ1) is 10.8. The largest absolute Gasteiger partial charge is 0.412 e. The molecule has 0 bridgehead atoms. The van der Waals surface area contributed by atoms with Gasteiger partial charge in [0.1, 0.15) is 11.3 Å². The van der Waals surface area contributed by atoms with Crippen LogP contribution in [0.4, 0.5) is 5.82 Å². The number of H-pyrrole nitrogens is 1. The average Bonchev–Trinajstić information content (AvgIpc) is 2.93. The Labute approximate surface area is 129 Å². The van der Waals surface area contributed by atoms with Crippen LogP contribution in [-0.4, -0.2) is 19.8 Å². The molecule has 4 aromatic rings. The minimum Gasteiger partial charge on any atom is -0.412 e. The minimum atomic E-state index is -0.150. The molecule has 7 nitrogen and oxygen atoms in total. The van der Waals surface area contributed by atoms with Gasteiger partial charge in [-0.05, 0) is 40.9 Å². The van der Waals surface area contributed by atoms with E-state index < -0.39 is 0 Å². The predicted octanol–water partition coefficient (Wildman–Crippen LogP) is 2.42. The van der Waals surface area contributed by atoms with Gasteiger partial charge in [-0.3, -0.25) is 9.20 Å². The summed E-state index contributed by atoms with van der Waals surface area (Å²) in [6, 6.07) is 14.2. The Morgan fingerprint density at radius 3 is 2.78 bits per heavy atom. The molecule has 23 heavy (non-hydrogen) atoms. The highest BCUT2D eigenvalue weighted by Gasteiger charge is 2.14. The van der Waals surface area contributed by atoms with Crippen LogP contribution in [0, 0.1) is 4.91 Å². The second-order valence-electron chi connectivity index (χ2n) is 4.93. The van der Waals surface area contributed by atoms with E-state index in [0.29, 0.717) is 11.3 Å². The zero-order chi connectivity index (χ0) is 15.1. The van der Waals surface area contributed by atoms with E-state index in [4.69, 9.17) is 0 Å². The number of aromatic nitrogens is 3. The van der Waals surface area contributed by atoms with Gasteiger partial charge in [-0.25, -0.2) is 4.98 Å². The van der Waals surface area contributed by atoms with Crippen LogP contribution < -0.4 is 5.56 Å². The topological polar surface area (TPSA) is 111 Å². The van der Waals surface area contributed by atoms with E-state index in [9.17, 15) is 9.70 Å². The van der Waals surface area contributed by atoms with Gasteiger partial charge in [-0.1, -0.05) is 12.1 Å². The van der Waals surface area contributed by atoms with Crippen molar-refractivity contribution in [2.45, 2.75) is 0 Å². The highest BCUT2D eigenvalue weighted by molar-refractivity contribution is 5.86. The highest BCUT2D eigenvalue weighted by atomic mass is 16.3. The standard InChI is InChI=1S/C16H10N4O2.H2O/c21-14-7-5-10-9-11(4-6-12(10)17-14)15-16(19-22)20-8-2-1-3-13(20)18-15;/h1-9H,(H,17,21);1H2. The molecule has 1 aromatic carbocycles. The highest BCUT2D eigenvalue weighted by Crippen LogP contribution is 2.31. The van der Waals surface area contributed by atoms with Gasteiger partial charge in [0, 0.05) is 23.3 Å². The molecule has 0 amide bonds. The Bertz CT molecular complexity index is 1080. The molecule has 4 rings (SSSR count). The number of hydrogen-bond donors (Lipinski definition) is 1. The first kappa shape index (κ1) is 14.6. The van der Waals surface area contributed by atoms with Crippen LogP contribution in [0.25, 0.3) is 27.8 Å². The van der Waals surface area contributed by atoms with Crippen molar-refractivity contribution in [3.63, 3.8) is 0 Å². The maximum Gasteiger partial charge on any atom is 0.248 e. The normalized spacial score (nSPS) is 10.6. The Hall–Kier alpha value is -3.32. The number of hydrogen-bond acceptors (Lipinski definition) is 4. The molecule has 0 unspecified atom stereocenters. The van der Waals surface area contributed by atoms with Gasteiger partial charge in [-0.2, -0.15) is 0 Å². The third-order valence-electron chi connectivity index (χ3n) is 3.59. The Morgan fingerprint density at radius 2 is 1.96 bits per heavy atom. The third-order valence-corrected chi connectivity index (χ3v) is 3.59. The lowest BCUT2D eigenvalue weighted by Crippen LogP contribution is -2.01. The van der Waals surface area contributed by atoms with Gasteiger partial charge in [-0.15, -0.1) is 4.91 Å². The molecule has 3 N–H and O–H groups in total. The number of nitrogens with zero attached hydrogens (tertiary/aromatic N) is 3. The number of nitroso groups, excluding NO2 is 1. The fraction of sp³-hybridized carbons (Fsp3) is 0. The summed E-state index contributed by atoms with van der Waals surface area (Å²) in [4.78, 5) is 29.8. The van der Waals surface area contributed by atoms with Crippen LogP contribution in [0.2, 0.25) is 0 Å². The molecule has 0 atom stereocenters. The van der Waals surface area contributed by atoms with Crippen molar-refractivity contribution >= 4 is 22.4 Å². The fourth-order valence-corrected chi connectivity index (χ4v) is 2.57. The van der Waals surface area contributed by atoms with Crippen LogP contribution in [0.5, 0.6) is 0 Å². The van der Waals surface area contributed by atoms with Crippen LogP contribution in [0.1, 0.15) is 0 Å². The molecule has 0 spiro atoms. The maximum atomic E-state index is 11.3. The summed E-state index contributed by atoms with van der Waals surface area (Å²) in [6.45, 7) is 0. The van der Waals surface area contributed by atoms with Crippen molar-refractivity contribution in [2.75, 3.05) is 0 Å². The number of benzene rings is 1. The molecular weight excluding hydrogens is 296 g/mol. The van der Waals surface area contributed by atoms with Gasteiger partial charge < -0.3 is 10.5 Å². The molecule has 0 saturated carbocycles. The molecule has 7 heteroatoms. The first-order valence-corrected chi connectivity index (χ1v) is 6.70. The molecule has 0 aliphatic carbocycles. The van der Waals surface area contributed by atoms with Crippen molar-refractivity contribution in [3.05, 3.63) is 70.0 Å². The predicted molar refractivity (Wildman–Crippen MR) is 87.8 cm³/mol. The van der Waals surface area contributed by atoms with E-state index in [1.807, 2.05) is 30.3 Å². The zero-order valence-corrected chi connectivity index (χ0v) is 11.9. The molecular formula is C16H12N4O3. The summed E-state index contributed by atoms with van der Waals surface area (Å²) in [5, 5.41) is 3.99. The number of fused-ring (bicyclic) bond motifs is 2. The summed E-state index contributed by atoms with van der Waals surface area (Å²) in [5.41, 5.74) is 2.55. The summed E-state index contributed by atoms with van der Waals surface area (Å²) in [7, 11) is 0. The monoisotopic (exact) mass is 308 g/mol. The van der Waals surface area contributed by atoms with Gasteiger partial charge in [0.15, 0.2) is 0 Å². The number of rotatable bonds is 2. The van der Waals surface area contributed by atoms with Crippen LogP contribution >= 0.6 is 0 Å². The van der Waals surface area contributed by atoms with E-state index >= 15 is 0 Å². The smallest absolute Gasteiger partial charge is 0.248 e. The molecule has 0 radical (unpaired) electrons. The van der Waals surface area contributed by atoms with Gasteiger partial charge >= 0.3 is 0 Å². The second kappa shape index (κ2) is 5.47. The van der Waals surface area contributed by atoms with E-state index in [2.05, 4.69) is 15.1 Å². The van der Waals surface area contributed by atoms with Crippen LogP contribution in [0.3, 0.4) is 0 Å². The SMILES string of the molecule is O.O=Nc1c(-c2ccc3[nH]c(=O)ccc3c2)nc2ccccn12. The lowest BCUT2D eigenvalue weighted by atomic mass is 10.1. The number of nitrogens with one attached hydrogen (secondary N) is 1. The van der Waals surface area contributed by atoms with E-state index in [1.165, 1.54) is 6.07 Å². The molecule has 0 fully saturated rings. The van der Waals surface area contributed by atoms with Crippen LogP contribution in [-0.2, 0) is 0 Å². The average molecular weight is 308 g/mol.